The Morgan fingerprint density at radius 2 is 1.33 bits per heavy atom. The minimum atomic E-state index is 0.649. The average molecular weight is 651 g/mol. The molecule has 0 N–H and O–H groups in total. The van der Waals surface area contributed by atoms with Crippen molar-refractivity contribution in [2.45, 2.75) is 76.6 Å². The van der Waals surface area contributed by atoms with E-state index in [4.69, 9.17) is 26.1 Å². The first-order valence-electron chi connectivity index (χ1n) is 16.8. The molecule has 4 aromatic rings. The SMILES string of the molecule is CCCCn1c(-c2ccccc2Sc2ccc(Cl)cc2)nc2c(OCCCN(CC)CC)ccc(OCCCN(CC)CC)c21. The summed E-state index contributed by atoms with van der Waals surface area (Å²) in [5.41, 5.74) is 3.00. The Hall–Kier alpha value is -2.71. The summed E-state index contributed by atoms with van der Waals surface area (Å²) in [6.45, 7) is 19.5. The molecule has 6 nitrogen and oxygen atoms in total. The van der Waals surface area contributed by atoms with Gasteiger partial charge in [-0.3, -0.25) is 0 Å². The molecule has 45 heavy (non-hydrogen) atoms. The molecule has 3 aromatic carbocycles. The summed E-state index contributed by atoms with van der Waals surface area (Å²) in [5, 5.41) is 0.739. The van der Waals surface area contributed by atoms with Gasteiger partial charge in [-0.2, -0.15) is 0 Å². The van der Waals surface area contributed by atoms with E-state index in [9.17, 15) is 0 Å². The van der Waals surface area contributed by atoms with Crippen molar-refractivity contribution < 1.29 is 9.47 Å². The first kappa shape index (κ1) is 35.1. The maximum Gasteiger partial charge on any atom is 0.147 e. The second-order valence-corrected chi connectivity index (χ2v) is 12.8. The van der Waals surface area contributed by atoms with E-state index in [1.807, 2.05) is 12.1 Å². The lowest BCUT2D eigenvalue weighted by Gasteiger charge is -2.19. The van der Waals surface area contributed by atoms with Gasteiger partial charge in [0, 0.05) is 40.0 Å². The second-order valence-electron chi connectivity index (χ2n) is 11.2. The van der Waals surface area contributed by atoms with Crippen molar-refractivity contribution in [2.24, 2.45) is 0 Å². The molecule has 1 heterocycles. The summed E-state index contributed by atoms with van der Waals surface area (Å²) in [7, 11) is 0. The van der Waals surface area contributed by atoms with E-state index in [1.54, 1.807) is 11.8 Å². The molecule has 0 amide bonds. The largest absolute Gasteiger partial charge is 0.491 e. The molecule has 1 aromatic heterocycles. The van der Waals surface area contributed by atoms with Crippen molar-refractivity contribution in [2.75, 3.05) is 52.5 Å². The number of unbranched alkanes of at least 4 members (excludes halogenated alkanes) is 1. The van der Waals surface area contributed by atoms with Gasteiger partial charge in [0.05, 0.1) is 13.2 Å². The fourth-order valence-electron chi connectivity index (χ4n) is 5.55. The molecule has 0 unspecified atom stereocenters. The van der Waals surface area contributed by atoms with Gasteiger partial charge in [-0.15, -0.1) is 0 Å². The molecule has 0 spiro atoms. The highest BCUT2D eigenvalue weighted by Gasteiger charge is 2.22. The van der Waals surface area contributed by atoms with Gasteiger partial charge in [0.15, 0.2) is 0 Å². The molecule has 0 atom stereocenters. The number of hydrogen-bond acceptors (Lipinski definition) is 6. The Labute approximate surface area is 280 Å². The number of hydrogen-bond donors (Lipinski definition) is 0. The maximum absolute atomic E-state index is 6.54. The number of fused-ring (bicyclic) bond motifs is 1. The minimum absolute atomic E-state index is 0.649. The molecule has 0 saturated heterocycles. The van der Waals surface area contributed by atoms with Gasteiger partial charge in [-0.25, -0.2) is 4.98 Å². The van der Waals surface area contributed by atoms with Gasteiger partial charge in [0.1, 0.15) is 28.4 Å². The van der Waals surface area contributed by atoms with Crippen molar-refractivity contribution in [1.29, 1.82) is 0 Å². The summed E-state index contributed by atoms with van der Waals surface area (Å²) in [6.07, 6.45) is 4.07. The number of benzene rings is 3. The molecular weight excluding hydrogens is 600 g/mol. The predicted octanol–water partition coefficient (Wildman–Crippen LogP) is 9.53. The third-order valence-corrected chi connectivity index (χ3v) is 9.60. The molecule has 0 aliphatic heterocycles. The molecule has 8 heteroatoms. The fourth-order valence-corrected chi connectivity index (χ4v) is 6.61. The van der Waals surface area contributed by atoms with E-state index in [-0.39, 0.29) is 0 Å². The Morgan fingerprint density at radius 1 is 0.733 bits per heavy atom. The van der Waals surface area contributed by atoms with E-state index < -0.39 is 0 Å². The summed E-state index contributed by atoms with van der Waals surface area (Å²) in [4.78, 5) is 12.5. The van der Waals surface area contributed by atoms with Crippen LogP contribution in [0.25, 0.3) is 22.4 Å². The molecular formula is C37H51ClN4O2S. The van der Waals surface area contributed by atoms with Crippen molar-refractivity contribution in [3.8, 4) is 22.9 Å². The van der Waals surface area contributed by atoms with Crippen molar-refractivity contribution in [1.82, 2.24) is 19.4 Å². The normalized spacial score (nSPS) is 11.6. The second kappa shape index (κ2) is 18.4. The van der Waals surface area contributed by atoms with E-state index in [2.05, 4.69) is 97.5 Å². The molecule has 0 fully saturated rings. The van der Waals surface area contributed by atoms with Gasteiger partial charge in [0.25, 0.3) is 0 Å². The average Bonchev–Trinajstić information content (AvgIpc) is 3.45. The van der Waals surface area contributed by atoms with Crippen LogP contribution in [0.15, 0.2) is 70.5 Å². The number of rotatable bonds is 20. The van der Waals surface area contributed by atoms with E-state index >= 15 is 0 Å². The Morgan fingerprint density at radius 3 is 1.96 bits per heavy atom. The zero-order valence-corrected chi connectivity index (χ0v) is 29.4. The summed E-state index contributed by atoms with van der Waals surface area (Å²) >= 11 is 7.92. The molecule has 0 aliphatic rings. The van der Waals surface area contributed by atoms with E-state index in [1.165, 1.54) is 0 Å². The van der Waals surface area contributed by atoms with Crippen LogP contribution in [-0.4, -0.2) is 71.8 Å². The van der Waals surface area contributed by atoms with E-state index in [0.717, 1.165) is 120 Å². The third kappa shape index (κ3) is 9.65. The van der Waals surface area contributed by atoms with Crippen LogP contribution in [-0.2, 0) is 6.54 Å². The van der Waals surface area contributed by atoms with Crippen molar-refractivity contribution in [3.05, 3.63) is 65.7 Å². The van der Waals surface area contributed by atoms with Gasteiger partial charge >= 0.3 is 0 Å². The van der Waals surface area contributed by atoms with Gasteiger partial charge < -0.3 is 23.8 Å². The molecule has 244 valence electrons. The molecule has 0 aliphatic carbocycles. The van der Waals surface area contributed by atoms with Crippen LogP contribution in [0.5, 0.6) is 11.5 Å². The maximum atomic E-state index is 6.54. The molecule has 0 bridgehead atoms. The third-order valence-electron chi connectivity index (χ3n) is 8.27. The van der Waals surface area contributed by atoms with Crippen LogP contribution < -0.4 is 9.47 Å². The first-order chi connectivity index (χ1) is 22.0. The van der Waals surface area contributed by atoms with Crippen LogP contribution in [0.4, 0.5) is 0 Å². The highest BCUT2D eigenvalue weighted by atomic mass is 35.5. The Kier molecular flexibility index (Phi) is 14.4. The van der Waals surface area contributed by atoms with Gasteiger partial charge in [0.2, 0.25) is 0 Å². The molecule has 0 saturated carbocycles. The van der Waals surface area contributed by atoms with Crippen LogP contribution in [0.3, 0.4) is 0 Å². The standard InChI is InChI=1S/C37H51ClN4O2S/c1-6-11-26-42-36-33(44-28-15-25-41(9-4)10-5)23-22-32(43-27-14-24-40(7-2)8-3)35(36)39-37(42)31-16-12-13-17-34(31)45-30-20-18-29(38)19-21-30/h12-13,16-23H,6-11,14-15,24-28H2,1-5H3. The van der Waals surface area contributed by atoms with Crippen LogP contribution in [0, 0.1) is 0 Å². The number of ether oxygens (including phenoxy) is 2. The van der Waals surface area contributed by atoms with Crippen LogP contribution in [0.1, 0.15) is 60.3 Å². The highest BCUT2D eigenvalue weighted by molar-refractivity contribution is 7.99. The zero-order valence-electron chi connectivity index (χ0n) is 27.9. The number of nitrogens with zero attached hydrogens (tertiary/aromatic N) is 4. The topological polar surface area (TPSA) is 42.8 Å². The number of halogens is 1. The van der Waals surface area contributed by atoms with Crippen molar-refractivity contribution in [3.63, 3.8) is 0 Å². The Balaban J connectivity index is 1.74. The van der Waals surface area contributed by atoms with Gasteiger partial charge in [-0.05, 0) is 87.9 Å². The predicted molar refractivity (Wildman–Crippen MR) is 191 cm³/mol. The molecule has 0 radical (unpaired) electrons. The monoisotopic (exact) mass is 650 g/mol. The van der Waals surface area contributed by atoms with E-state index in [0.29, 0.717) is 13.2 Å². The first-order valence-corrected chi connectivity index (χ1v) is 18.0. The summed E-state index contributed by atoms with van der Waals surface area (Å²) < 4.78 is 15.4. The fraction of sp³-hybridized carbons (Fsp3) is 0.486. The van der Waals surface area contributed by atoms with Crippen molar-refractivity contribution >= 4 is 34.4 Å². The molecule has 4 rings (SSSR count). The lowest BCUT2D eigenvalue weighted by molar-refractivity contribution is 0.247. The number of aryl methyl sites for hydroxylation is 1. The summed E-state index contributed by atoms with van der Waals surface area (Å²) in [6, 6.07) is 20.7. The summed E-state index contributed by atoms with van der Waals surface area (Å²) in [5.74, 6) is 2.64. The number of imidazole rings is 1. The quantitative estimate of drug-likeness (QED) is 0.0888. The highest BCUT2D eigenvalue weighted by Crippen LogP contribution is 2.41. The zero-order chi connectivity index (χ0) is 32.0. The lowest BCUT2D eigenvalue weighted by atomic mass is 10.2. The smallest absolute Gasteiger partial charge is 0.147 e. The lowest BCUT2D eigenvalue weighted by Crippen LogP contribution is -2.25. The van der Waals surface area contributed by atoms with Gasteiger partial charge in [-0.1, -0.05) is 82.6 Å². The van der Waals surface area contributed by atoms with Crippen LogP contribution >= 0.6 is 23.4 Å². The minimum Gasteiger partial charge on any atom is -0.491 e. The van der Waals surface area contributed by atoms with Crippen LogP contribution in [0.2, 0.25) is 5.02 Å². The Bertz CT molecular complexity index is 1450. The number of aromatic nitrogens is 2.